The fourth-order valence-electron chi connectivity index (χ4n) is 4.28. The van der Waals surface area contributed by atoms with Gasteiger partial charge in [-0.3, -0.25) is 9.59 Å². The third-order valence-corrected chi connectivity index (χ3v) is 7.09. The molecule has 1 atom stereocenters. The van der Waals surface area contributed by atoms with Crippen molar-refractivity contribution in [1.29, 1.82) is 0 Å². The van der Waals surface area contributed by atoms with Gasteiger partial charge in [0.15, 0.2) is 6.61 Å². The molecule has 0 saturated carbocycles. The van der Waals surface area contributed by atoms with Crippen molar-refractivity contribution in [3.63, 3.8) is 0 Å². The molecule has 0 aromatic heterocycles. The summed E-state index contributed by atoms with van der Waals surface area (Å²) in [4.78, 5) is 28.6. The van der Waals surface area contributed by atoms with Crippen LogP contribution >= 0.6 is 15.9 Å². The number of carbonyl (C=O) groups is 2. The Hall–Kier alpha value is -3.64. The molecule has 5 nitrogen and oxygen atoms in total. The molecule has 37 heavy (non-hydrogen) atoms. The number of aryl methyl sites for hydroxylation is 1. The fourth-order valence-corrected chi connectivity index (χ4v) is 4.89. The Morgan fingerprint density at radius 2 is 1.59 bits per heavy atom. The highest BCUT2D eigenvalue weighted by molar-refractivity contribution is 9.10. The van der Waals surface area contributed by atoms with Crippen molar-refractivity contribution < 1.29 is 14.3 Å². The summed E-state index contributed by atoms with van der Waals surface area (Å²) in [6, 6.07) is 28.9. The van der Waals surface area contributed by atoms with E-state index in [4.69, 9.17) is 4.74 Å². The monoisotopic (exact) mass is 558 g/mol. The minimum Gasteiger partial charge on any atom is -0.483 e. The molecule has 4 aromatic rings. The number of rotatable bonds is 10. The molecule has 0 radical (unpaired) electrons. The van der Waals surface area contributed by atoms with Crippen molar-refractivity contribution in [2.75, 3.05) is 13.2 Å². The maximum absolute atomic E-state index is 13.7. The van der Waals surface area contributed by atoms with Crippen LogP contribution in [0.3, 0.4) is 0 Å². The summed E-state index contributed by atoms with van der Waals surface area (Å²) in [5, 5.41) is 5.00. The van der Waals surface area contributed by atoms with Crippen LogP contribution in [0.5, 0.6) is 5.75 Å². The summed E-state index contributed by atoms with van der Waals surface area (Å²) in [5.41, 5.74) is 3.07. The van der Waals surface area contributed by atoms with Gasteiger partial charge in [-0.05, 0) is 57.7 Å². The molecular formula is C31H31BrN2O3. The number of benzene rings is 4. The van der Waals surface area contributed by atoms with E-state index in [1.807, 2.05) is 105 Å². The zero-order valence-corrected chi connectivity index (χ0v) is 22.7. The molecular weight excluding hydrogens is 528 g/mol. The molecule has 2 amide bonds. The van der Waals surface area contributed by atoms with Gasteiger partial charge < -0.3 is 15.0 Å². The van der Waals surface area contributed by atoms with Crippen LogP contribution in [0.25, 0.3) is 10.8 Å². The van der Waals surface area contributed by atoms with Gasteiger partial charge >= 0.3 is 0 Å². The second-order valence-electron chi connectivity index (χ2n) is 8.99. The van der Waals surface area contributed by atoms with Crippen LogP contribution in [-0.2, 0) is 22.6 Å². The standard InChI is InChI=1S/C31H31BrN2O3/c1-3-33-31(36)27(19-23-9-5-4-6-10-23)34(20-24-15-13-22(2)14-16-24)29(35)21-37-28-18-17-25-11-7-8-12-26(25)30(28)32/h4-18,27H,3,19-21H2,1-2H3,(H,33,36)/t27-/m0/s1. The van der Waals surface area contributed by atoms with Crippen molar-refractivity contribution in [2.45, 2.75) is 32.9 Å². The summed E-state index contributed by atoms with van der Waals surface area (Å²) in [6.45, 7) is 4.50. The lowest BCUT2D eigenvalue weighted by Crippen LogP contribution is -2.51. The average molecular weight is 560 g/mol. The highest BCUT2D eigenvalue weighted by atomic mass is 79.9. The van der Waals surface area contributed by atoms with Gasteiger partial charge in [0.1, 0.15) is 11.8 Å². The number of amides is 2. The van der Waals surface area contributed by atoms with Gasteiger partial charge in [0.2, 0.25) is 5.91 Å². The fraction of sp³-hybridized carbons (Fsp3) is 0.226. The van der Waals surface area contributed by atoms with E-state index in [0.29, 0.717) is 25.3 Å². The lowest BCUT2D eigenvalue weighted by molar-refractivity contribution is -0.142. The van der Waals surface area contributed by atoms with E-state index in [9.17, 15) is 9.59 Å². The van der Waals surface area contributed by atoms with E-state index in [-0.39, 0.29) is 18.4 Å². The van der Waals surface area contributed by atoms with Crippen molar-refractivity contribution in [3.8, 4) is 5.75 Å². The van der Waals surface area contributed by atoms with Crippen LogP contribution in [0.1, 0.15) is 23.6 Å². The van der Waals surface area contributed by atoms with E-state index >= 15 is 0 Å². The van der Waals surface area contributed by atoms with E-state index in [2.05, 4.69) is 21.2 Å². The van der Waals surface area contributed by atoms with E-state index in [1.165, 1.54) is 0 Å². The average Bonchev–Trinajstić information content (AvgIpc) is 2.92. The van der Waals surface area contributed by atoms with Crippen LogP contribution in [0, 0.1) is 6.92 Å². The first-order chi connectivity index (χ1) is 18.0. The molecule has 4 aromatic carbocycles. The van der Waals surface area contributed by atoms with Gasteiger partial charge in [0.05, 0.1) is 4.47 Å². The third-order valence-electron chi connectivity index (χ3n) is 6.27. The molecule has 0 aliphatic rings. The van der Waals surface area contributed by atoms with Crippen LogP contribution in [0.4, 0.5) is 0 Å². The van der Waals surface area contributed by atoms with Crippen molar-refractivity contribution in [3.05, 3.63) is 112 Å². The maximum Gasteiger partial charge on any atom is 0.261 e. The van der Waals surface area contributed by atoms with Gasteiger partial charge in [0, 0.05) is 19.5 Å². The number of nitrogens with zero attached hydrogens (tertiary/aromatic N) is 1. The zero-order valence-electron chi connectivity index (χ0n) is 21.1. The van der Waals surface area contributed by atoms with Crippen LogP contribution in [-0.4, -0.2) is 35.9 Å². The number of likely N-dealkylation sites (N-methyl/N-ethyl adjacent to an activating group) is 1. The van der Waals surface area contributed by atoms with E-state index < -0.39 is 6.04 Å². The second kappa shape index (κ2) is 12.5. The van der Waals surface area contributed by atoms with Gasteiger partial charge in [-0.25, -0.2) is 0 Å². The molecule has 0 bridgehead atoms. The van der Waals surface area contributed by atoms with E-state index in [1.54, 1.807) is 4.90 Å². The number of halogens is 1. The molecule has 6 heteroatoms. The maximum atomic E-state index is 13.7. The highest BCUT2D eigenvalue weighted by Crippen LogP contribution is 2.33. The number of carbonyl (C=O) groups excluding carboxylic acids is 2. The quantitative estimate of drug-likeness (QED) is 0.257. The molecule has 1 N–H and O–H groups in total. The minimum absolute atomic E-state index is 0.182. The molecule has 0 heterocycles. The van der Waals surface area contributed by atoms with Crippen molar-refractivity contribution >= 4 is 38.5 Å². The number of hydrogen-bond acceptors (Lipinski definition) is 3. The predicted octanol–water partition coefficient (Wildman–Crippen LogP) is 6.07. The van der Waals surface area contributed by atoms with Crippen molar-refractivity contribution in [1.82, 2.24) is 10.2 Å². The Morgan fingerprint density at radius 3 is 2.32 bits per heavy atom. The molecule has 0 aliphatic heterocycles. The van der Waals surface area contributed by atoms with Gasteiger partial charge in [-0.15, -0.1) is 0 Å². The lowest BCUT2D eigenvalue weighted by Gasteiger charge is -2.31. The van der Waals surface area contributed by atoms with Crippen LogP contribution < -0.4 is 10.1 Å². The first-order valence-corrected chi connectivity index (χ1v) is 13.2. The number of fused-ring (bicyclic) bond motifs is 1. The van der Waals surface area contributed by atoms with Crippen LogP contribution in [0.15, 0.2) is 95.5 Å². The predicted molar refractivity (Wildman–Crippen MR) is 151 cm³/mol. The summed E-state index contributed by atoms with van der Waals surface area (Å²) in [6.07, 6.45) is 0.407. The number of hydrogen-bond donors (Lipinski definition) is 1. The number of nitrogens with one attached hydrogen (secondary N) is 1. The van der Waals surface area contributed by atoms with Crippen molar-refractivity contribution in [2.24, 2.45) is 0 Å². The molecule has 190 valence electrons. The minimum atomic E-state index is -0.681. The molecule has 0 aliphatic carbocycles. The van der Waals surface area contributed by atoms with E-state index in [0.717, 1.165) is 31.9 Å². The van der Waals surface area contributed by atoms with Gasteiger partial charge in [-0.1, -0.05) is 90.5 Å². The van der Waals surface area contributed by atoms with Gasteiger partial charge in [-0.2, -0.15) is 0 Å². The molecule has 0 unspecified atom stereocenters. The number of ether oxygens (including phenoxy) is 1. The zero-order chi connectivity index (χ0) is 26.2. The summed E-state index contributed by atoms with van der Waals surface area (Å²) >= 11 is 3.63. The van der Waals surface area contributed by atoms with Crippen LogP contribution in [0.2, 0.25) is 0 Å². The smallest absolute Gasteiger partial charge is 0.261 e. The molecule has 0 spiro atoms. The SMILES string of the molecule is CCNC(=O)[C@H](Cc1ccccc1)N(Cc1ccc(C)cc1)C(=O)COc1ccc2ccccc2c1Br. The molecule has 0 fully saturated rings. The Morgan fingerprint density at radius 1 is 0.892 bits per heavy atom. The topological polar surface area (TPSA) is 58.6 Å². The first kappa shape index (κ1) is 26.4. The lowest BCUT2D eigenvalue weighted by atomic mass is 10.0. The third kappa shape index (κ3) is 6.77. The Bertz CT molecular complexity index is 1360. The summed E-state index contributed by atoms with van der Waals surface area (Å²) in [5.74, 6) is 0.145. The summed E-state index contributed by atoms with van der Waals surface area (Å²) in [7, 11) is 0. The van der Waals surface area contributed by atoms with Gasteiger partial charge in [0.25, 0.3) is 5.91 Å². The summed E-state index contributed by atoms with van der Waals surface area (Å²) < 4.78 is 6.81. The Balaban J connectivity index is 1.62. The second-order valence-corrected chi connectivity index (χ2v) is 9.79. The molecule has 0 saturated heterocycles. The first-order valence-electron chi connectivity index (χ1n) is 12.4. The highest BCUT2D eigenvalue weighted by Gasteiger charge is 2.30. The normalized spacial score (nSPS) is 11.6. The largest absolute Gasteiger partial charge is 0.483 e. The Labute approximate surface area is 226 Å². The Kier molecular flexibility index (Phi) is 8.96. The molecule has 4 rings (SSSR count).